The maximum atomic E-state index is 14.3. The van der Waals surface area contributed by atoms with Gasteiger partial charge in [0.1, 0.15) is 18.4 Å². The molecule has 1 atom stereocenters. The summed E-state index contributed by atoms with van der Waals surface area (Å²) < 4.78 is 83.4. The van der Waals surface area contributed by atoms with Crippen LogP contribution in [0.4, 0.5) is 23.2 Å². The predicted molar refractivity (Wildman–Crippen MR) is 167 cm³/mol. The Kier molecular flexibility index (Phi) is 11.2. The van der Waals surface area contributed by atoms with Gasteiger partial charge in [-0.05, 0) is 60.0 Å². The molecule has 0 saturated carbocycles. The number of nitrogens with zero attached hydrogens (tertiary/aromatic N) is 2. The molecule has 0 fully saturated rings. The Labute approximate surface area is 265 Å². The Morgan fingerprint density at radius 2 is 1.46 bits per heavy atom. The molecule has 0 aliphatic heterocycles. The van der Waals surface area contributed by atoms with Gasteiger partial charge in [-0.25, -0.2) is 12.8 Å². The van der Waals surface area contributed by atoms with Crippen molar-refractivity contribution in [3.8, 4) is 0 Å². The molecular weight excluding hydrogens is 622 g/mol. The van der Waals surface area contributed by atoms with Crippen LogP contribution in [0.3, 0.4) is 0 Å². The fraction of sp³-hybridized carbons (Fsp3) is 0.235. The standard InChI is InChI=1S/C34H33F4N3O4S/c1-2-20-39-33(43)31(21-25-10-5-3-6-11-25)40(23-26-16-18-28(35)19-17-26)32(42)24-41(46(44,45)30-14-7-4-8-15-30)29-13-9-12-27(22-29)34(36,37)38/h3-19,22,31H,2,20-21,23-24H2,1H3,(H,39,43)/t31-/m1/s1. The normalized spacial score (nSPS) is 12.3. The summed E-state index contributed by atoms with van der Waals surface area (Å²) in [6.07, 6.45) is -4.12. The molecule has 7 nitrogen and oxygen atoms in total. The van der Waals surface area contributed by atoms with E-state index in [1.165, 1.54) is 59.5 Å². The van der Waals surface area contributed by atoms with Crippen LogP contribution in [0.5, 0.6) is 0 Å². The second kappa shape index (κ2) is 15.0. The molecule has 0 saturated heterocycles. The first-order valence-electron chi connectivity index (χ1n) is 14.5. The van der Waals surface area contributed by atoms with Crippen molar-refractivity contribution in [2.45, 2.75) is 43.4 Å². The highest BCUT2D eigenvalue weighted by molar-refractivity contribution is 7.92. The number of rotatable bonds is 13. The predicted octanol–water partition coefficient (Wildman–Crippen LogP) is 6.21. The van der Waals surface area contributed by atoms with Gasteiger partial charge in [-0.15, -0.1) is 0 Å². The number of hydrogen-bond donors (Lipinski definition) is 1. The van der Waals surface area contributed by atoms with Crippen molar-refractivity contribution in [3.05, 3.63) is 132 Å². The molecule has 0 aliphatic rings. The van der Waals surface area contributed by atoms with Gasteiger partial charge in [0.15, 0.2) is 0 Å². The lowest BCUT2D eigenvalue weighted by Crippen LogP contribution is -2.53. The lowest BCUT2D eigenvalue weighted by atomic mass is 10.0. The number of alkyl halides is 3. The summed E-state index contributed by atoms with van der Waals surface area (Å²) in [5, 5.41) is 2.80. The average molecular weight is 656 g/mol. The van der Waals surface area contributed by atoms with Crippen molar-refractivity contribution in [1.82, 2.24) is 10.2 Å². The van der Waals surface area contributed by atoms with E-state index in [-0.39, 0.29) is 23.5 Å². The van der Waals surface area contributed by atoms with Crippen molar-refractivity contribution >= 4 is 27.5 Å². The first-order valence-corrected chi connectivity index (χ1v) is 15.9. The number of nitrogens with one attached hydrogen (secondary N) is 1. The summed E-state index contributed by atoms with van der Waals surface area (Å²) in [6.45, 7) is 1.03. The van der Waals surface area contributed by atoms with Crippen LogP contribution in [0.2, 0.25) is 0 Å². The van der Waals surface area contributed by atoms with Gasteiger partial charge < -0.3 is 10.2 Å². The molecule has 0 unspecified atom stereocenters. The molecule has 0 aromatic heterocycles. The zero-order chi connectivity index (χ0) is 33.3. The monoisotopic (exact) mass is 655 g/mol. The average Bonchev–Trinajstić information content (AvgIpc) is 3.05. The lowest BCUT2D eigenvalue weighted by molar-refractivity contribution is -0.140. The summed E-state index contributed by atoms with van der Waals surface area (Å²) in [4.78, 5) is 28.9. The molecule has 0 spiro atoms. The van der Waals surface area contributed by atoms with Crippen LogP contribution < -0.4 is 9.62 Å². The van der Waals surface area contributed by atoms with Crippen LogP contribution in [0.25, 0.3) is 0 Å². The summed E-state index contributed by atoms with van der Waals surface area (Å²) in [6, 6.07) is 23.7. The first kappa shape index (κ1) is 34.2. The number of amides is 2. The van der Waals surface area contributed by atoms with Crippen LogP contribution in [0.15, 0.2) is 114 Å². The molecule has 4 aromatic carbocycles. The molecule has 0 aliphatic carbocycles. The van der Waals surface area contributed by atoms with Crippen LogP contribution in [0, 0.1) is 5.82 Å². The van der Waals surface area contributed by atoms with Gasteiger partial charge in [-0.2, -0.15) is 13.2 Å². The van der Waals surface area contributed by atoms with E-state index >= 15 is 0 Å². The van der Waals surface area contributed by atoms with Crippen molar-refractivity contribution in [3.63, 3.8) is 0 Å². The molecule has 0 bridgehead atoms. The van der Waals surface area contributed by atoms with Crippen LogP contribution >= 0.6 is 0 Å². The topological polar surface area (TPSA) is 86.8 Å². The van der Waals surface area contributed by atoms with Gasteiger partial charge >= 0.3 is 6.18 Å². The summed E-state index contributed by atoms with van der Waals surface area (Å²) in [7, 11) is -4.57. The fourth-order valence-electron chi connectivity index (χ4n) is 4.79. The Morgan fingerprint density at radius 3 is 2.07 bits per heavy atom. The van der Waals surface area contributed by atoms with Gasteiger partial charge in [0, 0.05) is 19.5 Å². The van der Waals surface area contributed by atoms with E-state index in [9.17, 15) is 35.6 Å². The maximum absolute atomic E-state index is 14.3. The number of benzene rings is 4. The molecule has 0 heterocycles. The Bertz CT molecular complexity index is 1720. The number of sulfonamides is 1. The van der Waals surface area contributed by atoms with Gasteiger partial charge in [-0.3, -0.25) is 13.9 Å². The van der Waals surface area contributed by atoms with Crippen molar-refractivity contribution < 1.29 is 35.6 Å². The molecule has 4 aromatic rings. The van der Waals surface area contributed by atoms with Crippen LogP contribution in [0.1, 0.15) is 30.0 Å². The largest absolute Gasteiger partial charge is 0.416 e. The van der Waals surface area contributed by atoms with Crippen LogP contribution in [-0.2, 0) is 38.8 Å². The molecule has 1 N–H and O–H groups in total. The maximum Gasteiger partial charge on any atom is 0.416 e. The van der Waals surface area contributed by atoms with Crippen molar-refractivity contribution in [2.24, 2.45) is 0 Å². The highest BCUT2D eigenvalue weighted by Gasteiger charge is 2.36. The Morgan fingerprint density at radius 1 is 0.826 bits per heavy atom. The second-order valence-corrected chi connectivity index (χ2v) is 12.4. The molecule has 242 valence electrons. The number of carbonyl (C=O) groups is 2. The lowest BCUT2D eigenvalue weighted by Gasteiger charge is -2.34. The zero-order valence-electron chi connectivity index (χ0n) is 25.0. The highest BCUT2D eigenvalue weighted by atomic mass is 32.2. The van der Waals surface area contributed by atoms with Crippen LogP contribution in [-0.4, -0.2) is 44.3 Å². The molecule has 12 heteroatoms. The SMILES string of the molecule is CCCNC(=O)[C@@H](Cc1ccccc1)N(Cc1ccc(F)cc1)C(=O)CN(c1cccc(C(F)(F)F)c1)S(=O)(=O)c1ccccc1. The second-order valence-electron chi connectivity index (χ2n) is 10.5. The third-order valence-electron chi connectivity index (χ3n) is 7.16. The molecule has 0 radical (unpaired) electrons. The van der Waals surface area contributed by atoms with Gasteiger partial charge in [0.25, 0.3) is 10.0 Å². The summed E-state index contributed by atoms with van der Waals surface area (Å²) in [5.74, 6) is -1.88. The summed E-state index contributed by atoms with van der Waals surface area (Å²) >= 11 is 0. The fourth-order valence-corrected chi connectivity index (χ4v) is 6.22. The molecule has 4 rings (SSSR count). The molecule has 46 heavy (non-hydrogen) atoms. The van der Waals surface area contributed by atoms with Gasteiger partial charge in [0.05, 0.1) is 16.1 Å². The van der Waals surface area contributed by atoms with E-state index in [0.717, 1.165) is 12.1 Å². The molecule has 2 amide bonds. The third kappa shape index (κ3) is 8.72. The van der Waals surface area contributed by atoms with Crippen molar-refractivity contribution in [1.29, 1.82) is 0 Å². The number of hydrogen-bond acceptors (Lipinski definition) is 4. The number of carbonyl (C=O) groups excluding carboxylic acids is 2. The number of halogens is 4. The van der Waals surface area contributed by atoms with Gasteiger partial charge in [0.2, 0.25) is 11.8 Å². The number of anilines is 1. The molecular formula is C34H33F4N3O4S. The first-order chi connectivity index (χ1) is 21.9. The zero-order valence-corrected chi connectivity index (χ0v) is 25.8. The van der Waals surface area contributed by atoms with E-state index in [1.54, 1.807) is 36.4 Å². The van der Waals surface area contributed by atoms with E-state index < -0.39 is 52.0 Å². The van der Waals surface area contributed by atoms with Crippen molar-refractivity contribution in [2.75, 3.05) is 17.4 Å². The minimum absolute atomic E-state index is 0.0539. The van der Waals surface area contributed by atoms with E-state index in [1.807, 2.05) is 6.92 Å². The quantitative estimate of drug-likeness (QED) is 0.174. The summed E-state index contributed by atoms with van der Waals surface area (Å²) in [5.41, 5.74) is -0.325. The highest BCUT2D eigenvalue weighted by Crippen LogP contribution is 2.33. The van der Waals surface area contributed by atoms with E-state index in [4.69, 9.17) is 0 Å². The van der Waals surface area contributed by atoms with E-state index in [0.29, 0.717) is 34.5 Å². The Hall–Kier alpha value is -4.71. The Balaban J connectivity index is 1.82. The van der Waals surface area contributed by atoms with Gasteiger partial charge in [-0.1, -0.05) is 73.7 Å². The smallest absolute Gasteiger partial charge is 0.354 e. The minimum atomic E-state index is -4.78. The third-order valence-corrected chi connectivity index (χ3v) is 8.95. The van der Waals surface area contributed by atoms with E-state index in [2.05, 4.69) is 5.32 Å². The minimum Gasteiger partial charge on any atom is -0.354 e.